The Hall–Kier alpha value is -4.85. The van der Waals surface area contributed by atoms with Gasteiger partial charge in [0, 0.05) is 12.1 Å². The molecule has 1 fully saturated rings. The summed E-state index contributed by atoms with van der Waals surface area (Å²) in [6, 6.07) is 24.0. The lowest BCUT2D eigenvalue weighted by Gasteiger charge is -2.52. The van der Waals surface area contributed by atoms with E-state index < -0.39 is 29.0 Å². The minimum atomic E-state index is -1.12. The normalized spacial score (nSPS) is 24.9. The van der Waals surface area contributed by atoms with E-state index in [1.54, 1.807) is 12.3 Å². The number of hydrogen-bond donors (Lipinski definition) is 1. The molecule has 0 saturated carbocycles. The fourth-order valence-corrected chi connectivity index (χ4v) is 6.55. The van der Waals surface area contributed by atoms with Crippen LogP contribution in [-0.4, -0.2) is 23.9 Å². The SMILES string of the molecule is O=C(N/N=C\C12c3ccccc3C(c3ccccc31)[C@@H]1C(=O)N(c3ccc(F)cc3)C(=O)[C@H]12)c1ccco1. The van der Waals surface area contributed by atoms with Gasteiger partial charge in [-0.15, -0.1) is 0 Å². The standard InChI is InChI=1S/C30H20FN3O4/c31-17-11-13-18(14-12-17)34-28(36)25-24-19-6-1-3-8-21(19)30(26(25)29(34)37,22-9-4-2-7-20(22)24)16-32-33-27(35)23-10-5-15-38-23/h1-16,24-26H,(H,33,35)/b32-16-/t24?,25-,26-,30?/m0/s1. The van der Waals surface area contributed by atoms with Crippen molar-refractivity contribution in [3.63, 3.8) is 0 Å². The molecule has 3 aliphatic carbocycles. The van der Waals surface area contributed by atoms with Crippen molar-refractivity contribution >= 4 is 29.6 Å². The smallest absolute Gasteiger partial charge is 0.307 e. The molecule has 4 aliphatic rings. The highest BCUT2D eigenvalue weighted by atomic mass is 19.1. The Bertz CT molecular complexity index is 1600. The number of halogens is 1. The molecule has 2 heterocycles. The molecule has 1 N–H and O–H groups in total. The molecule has 2 atom stereocenters. The van der Waals surface area contributed by atoms with Crippen LogP contribution in [0.5, 0.6) is 0 Å². The molecule has 3 amide bonds. The predicted molar refractivity (Wildman–Crippen MR) is 136 cm³/mol. The van der Waals surface area contributed by atoms with Crippen LogP contribution >= 0.6 is 0 Å². The second kappa shape index (κ2) is 8.08. The number of carbonyl (C=O) groups excluding carboxylic acids is 3. The van der Waals surface area contributed by atoms with Gasteiger partial charge in [-0.1, -0.05) is 48.5 Å². The summed E-state index contributed by atoms with van der Waals surface area (Å²) in [6.07, 6.45) is 2.97. The molecule has 0 radical (unpaired) electrons. The number of nitrogens with zero attached hydrogens (tertiary/aromatic N) is 2. The van der Waals surface area contributed by atoms with E-state index >= 15 is 0 Å². The van der Waals surface area contributed by atoms with E-state index in [-0.39, 0.29) is 23.5 Å². The second-order valence-electron chi connectivity index (χ2n) is 9.69. The summed E-state index contributed by atoms with van der Waals surface area (Å²) < 4.78 is 18.8. The number of anilines is 1. The van der Waals surface area contributed by atoms with E-state index in [9.17, 15) is 18.8 Å². The van der Waals surface area contributed by atoms with Gasteiger partial charge in [-0.3, -0.25) is 14.4 Å². The van der Waals surface area contributed by atoms with Gasteiger partial charge in [0.15, 0.2) is 5.76 Å². The predicted octanol–water partition coefficient (Wildman–Crippen LogP) is 4.39. The van der Waals surface area contributed by atoms with Crippen molar-refractivity contribution in [2.24, 2.45) is 16.9 Å². The topological polar surface area (TPSA) is 92.0 Å². The first-order valence-electron chi connectivity index (χ1n) is 12.2. The summed E-state index contributed by atoms with van der Waals surface area (Å²) in [5, 5.41) is 4.33. The van der Waals surface area contributed by atoms with Crippen LogP contribution in [0.2, 0.25) is 0 Å². The average Bonchev–Trinajstić information content (AvgIpc) is 3.57. The number of hydrazone groups is 1. The summed E-state index contributed by atoms with van der Waals surface area (Å²) in [5.74, 6) is -3.44. The third-order valence-electron chi connectivity index (χ3n) is 7.95. The molecular formula is C30H20FN3O4. The van der Waals surface area contributed by atoms with Crippen molar-refractivity contribution < 1.29 is 23.2 Å². The largest absolute Gasteiger partial charge is 0.459 e. The van der Waals surface area contributed by atoms with Crippen molar-refractivity contribution in [2.75, 3.05) is 4.90 Å². The van der Waals surface area contributed by atoms with Crippen LogP contribution in [0.25, 0.3) is 0 Å². The average molecular weight is 506 g/mol. The van der Waals surface area contributed by atoms with Crippen molar-refractivity contribution in [3.8, 4) is 0 Å². The molecule has 1 aliphatic heterocycles. The summed E-state index contributed by atoms with van der Waals surface area (Å²) in [4.78, 5) is 41.9. The highest BCUT2D eigenvalue weighted by molar-refractivity contribution is 6.25. The van der Waals surface area contributed by atoms with Crippen LogP contribution in [0.3, 0.4) is 0 Å². The van der Waals surface area contributed by atoms with Gasteiger partial charge in [-0.25, -0.2) is 14.7 Å². The molecule has 2 bridgehead atoms. The first kappa shape index (κ1) is 22.4. The van der Waals surface area contributed by atoms with Gasteiger partial charge in [0.1, 0.15) is 5.82 Å². The Morgan fingerprint density at radius 3 is 2.18 bits per heavy atom. The van der Waals surface area contributed by atoms with Crippen molar-refractivity contribution in [1.29, 1.82) is 0 Å². The Labute approximate surface area is 216 Å². The van der Waals surface area contributed by atoms with Gasteiger partial charge in [0.05, 0.1) is 29.2 Å². The van der Waals surface area contributed by atoms with Gasteiger partial charge < -0.3 is 4.42 Å². The number of carbonyl (C=O) groups is 3. The molecule has 8 heteroatoms. The number of amides is 3. The number of furan rings is 1. The molecule has 186 valence electrons. The van der Waals surface area contributed by atoms with E-state index in [2.05, 4.69) is 10.5 Å². The molecular weight excluding hydrogens is 485 g/mol. The fraction of sp³-hybridized carbons (Fsp3) is 0.133. The van der Waals surface area contributed by atoms with Crippen LogP contribution < -0.4 is 10.3 Å². The van der Waals surface area contributed by atoms with Crippen LogP contribution in [0.4, 0.5) is 10.1 Å². The van der Waals surface area contributed by atoms with Gasteiger partial charge in [-0.05, 0) is 58.7 Å². The molecule has 0 spiro atoms. The molecule has 8 rings (SSSR count). The Balaban J connectivity index is 1.43. The van der Waals surface area contributed by atoms with Crippen LogP contribution in [-0.2, 0) is 15.0 Å². The zero-order chi connectivity index (χ0) is 26.0. The van der Waals surface area contributed by atoms with Crippen LogP contribution in [0, 0.1) is 17.7 Å². The third-order valence-corrected chi connectivity index (χ3v) is 7.95. The minimum absolute atomic E-state index is 0.0975. The van der Waals surface area contributed by atoms with E-state index in [0.29, 0.717) is 5.69 Å². The van der Waals surface area contributed by atoms with Crippen molar-refractivity contribution in [1.82, 2.24) is 5.43 Å². The number of nitrogens with one attached hydrogen (secondary N) is 1. The summed E-state index contributed by atoms with van der Waals surface area (Å²) in [6.45, 7) is 0. The number of rotatable bonds is 4. The fourth-order valence-electron chi connectivity index (χ4n) is 6.55. The molecule has 1 aromatic heterocycles. The molecule has 38 heavy (non-hydrogen) atoms. The van der Waals surface area contributed by atoms with Gasteiger partial charge >= 0.3 is 5.91 Å². The minimum Gasteiger partial charge on any atom is -0.459 e. The van der Waals surface area contributed by atoms with E-state index in [1.807, 2.05) is 48.5 Å². The van der Waals surface area contributed by atoms with Crippen LogP contribution in [0.1, 0.15) is 38.7 Å². The molecule has 1 saturated heterocycles. The zero-order valence-electron chi connectivity index (χ0n) is 19.9. The third kappa shape index (κ3) is 2.88. The van der Waals surface area contributed by atoms with Crippen molar-refractivity contribution in [3.05, 3.63) is 125 Å². The Morgan fingerprint density at radius 2 is 1.55 bits per heavy atom. The summed E-state index contributed by atoms with van der Waals surface area (Å²) in [7, 11) is 0. The van der Waals surface area contributed by atoms with Gasteiger partial charge in [0.2, 0.25) is 11.8 Å². The maximum Gasteiger partial charge on any atom is 0.307 e. The summed E-state index contributed by atoms with van der Waals surface area (Å²) >= 11 is 0. The lowest BCUT2D eigenvalue weighted by atomic mass is 9.47. The van der Waals surface area contributed by atoms with Crippen LogP contribution in [0.15, 0.2) is 101 Å². The number of benzene rings is 3. The molecule has 3 aromatic carbocycles. The van der Waals surface area contributed by atoms with Crippen molar-refractivity contribution in [2.45, 2.75) is 11.3 Å². The van der Waals surface area contributed by atoms with Gasteiger partial charge in [0.25, 0.3) is 0 Å². The quantitative estimate of drug-likeness (QED) is 0.253. The lowest BCUT2D eigenvalue weighted by molar-refractivity contribution is -0.122. The zero-order valence-corrected chi connectivity index (χ0v) is 19.9. The molecule has 4 aromatic rings. The maximum absolute atomic E-state index is 14.2. The van der Waals surface area contributed by atoms with E-state index in [1.165, 1.54) is 41.5 Å². The number of hydrogen-bond acceptors (Lipinski definition) is 5. The molecule has 0 unspecified atom stereocenters. The number of imide groups is 1. The summed E-state index contributed by atoms with van der Waals surface area (Å²) in [5.41, 5.74) is 5.32. The Morgan fingerprint density at radius 1 is 0.895 bits per heavy atom. The monoisotopic (exact) mass is 505 g/mol. The highest BCUT2D eigenvalue weighted by Crippen LogP contribution is 2.63. The highest BCUT2D eigenvalue weighted by Gasteiger charge is 2.68. The Kier molecular flexibility index (Phi) is 4.75. The maximum atomic E-state index is 14.2. The van der Waals surface area contributed by atoms with Gasteiger partial charge in [-0.2, -0.15) is 5.10 Å². The second-order valence-corrected chi connectivity index (χ2v) is 9.69. The van der Waals surface area contributed by atoms with E-state index in [0.717, 1.165) is 22.3 Å². The first-order valence-corrected chi connectivity index (χ1v) is 12.2. The first-order chi connectivity index (χ1) is 18.5. The lowest BCUT2D eigenvalue weighted by Crippen LogP contribution is -2.54. The molecule has 7 nitrogen and oxygen atoms in total. The van der Waals surface area contributed by atoms with E-state index in [4.69, 9.17) is 4.42 Å².